The monoisotopic (exact) mass is 458 g/mol. The number of amides is 3. The molecule has 8 heteroatoms. The first-order valence-corrected chi connectivity index (χ1v) is 11.3. The Morgan fingerprint density at radius 2 is 1.44 bits per heavy atom. The number of carbonyl (C=O) groups excluding carboxylic acids is 3. The van der Waals surface area contributed by atoms with E-state index in [2.05, 4.69) is 28.2 Å². The summed E-state index contributed by atoms with van der Waals surface area (Å²) < 4.78 is 0. The first-order chi connectivity index (χ1) is 15.4. The number of anilines is 4. The van der Waals surface area contributed by atoms with E-state index in [0.29, 0.717) is 40.6 Å². The van der Waals surface area contributed by atoms with Crippen molar-refractivity contribution in [2.24, 2.45) is 0 Å². The molecule has 0 bridgehead atoms. The maximum atomic E-state index is 12.4. The molecular formula is C24H31ClN4O3. The second-order valence-electron chi connectivity index (χ2n) is 7.48. The molecule has 0 unspecified atom stereocenters. The zero-order valence-corrected chi connectivity index (χ0v) is 19.3. The Hall–Kier alpha value is -3.06. The first-order valence-electron chi connectivity index (χ1n) is 10.9. The van der Waals surface area contributed by atoms with Crippen molar-refractivity contribution in [3.63, 3.8) is 0 Å². The standard InChI is InChI=1S/C24H31ClN4O3/c1-3-5-6-11-23(31)27-18-10-7-9-17(14-18)26-16-24(32)29-21-15-19(12-13-20(21)25)28-22(30)8-4-2/h7,9-10,12-15,26H,3-6,8,11,16H2,1-2H3,(H,27,31)(H,28,30)(H,29,32). The molecule has 0 aliphatic rings. The van der Waals surface area contributed by atoms with Gasteiger partial charge in [0.15, 0.2) is 0 Å². The molecule has 2 aromatic rings. The Kier molecular flexibility index (Phi) is 10.5. The normalized spacial score (nSPS) is 10.3. The Balaban J connectivity index is 1.89. The van der Waals surface area contributed by atoms with Crippen molar-refractivity contribution >= 4 is 52.1 Å². The zero-order chi connectivity index (χ0) is 23.3. The van der Waals surface area contributed by atoms with Crippen LogP contribution in [0.15, 0.2) is 42.5 Å². The molecular weight excluding hydrogens is 428 g/mol. The van der Waals surface area contributed by atoms with Gasteiger partial charge in [-0.2, -0.15) is 0 Å². The van der Waals surface area contributed by atoms with E-state index in [1.54, 1.807) is 36.4 Å². The number of hydrogen-bond acceptors (Lipinski definition) is 4. The van der Waals surface area contributed by atoms with E-state index in [9.17, 15) is 14.4 Å². The van der Waals surface area contributed by atoms with E-state index in [4.69, 9.17) is 11.6 Å². The molecule has 0 aliphatic heterocycles. The molecule has 0 saturated carbocycles. The maximum absolute atomic E-state index is 12.4. The lowest BCUT2D eigenvalue weighted by molar-refractivity contribution is -0.117. The highest BCUT2D eigenvalue weighted by Gasteiger charge is 2.09. The van der Waals surface area contributed by atoms with Crippen LogP contribution < -0.4 is 21.3 Å². The van der Waals surface area contributed by atoms with E-state index in [1.165, 1.54) is 0 Å². The highest BCUT2D eigenvalue weighted by atomic mass is 35.5. The summed E-state index contributed by atoms with van der Waals surface area (Å²) in [6, 6.07) is 12.1. The molecule has 2 rings (SSSR count). The third kappa shape index (κ3) is 8.98. The molecule has 4 N–H and O–H groups in total. The predicted molar refractivity (Wildman–Crippen MR) is 131 cm³/mol. The maximum Gasteiger partial charge on any atom is 0.243 e. The van der Waals surface area contributed by atoms with Crippen LogP contribution >= 0.6 is 11.6 Å². The molecule has 0 atom stereocenters. The summed E-state index contributed by atoms with van der Waals surface area (Å²) in [6.45, 7) is 4.03. The number of nitrogens with one attached hydrogen (secondary N) is 4. The predicted octanol–water partition coefficient (Wildman–Crippen LogP) is 5.65. The first kappa shape index (κ1) is 25.2. The van der Waals surface area contributed by atoms with Crippen molar-refractivity contribution in [2.75, 3.05) is 27.8 Å². The van der Waals surface area contributed by atoms with Crippen LogP contribution in [0.25, 0.3) is 0 Å². The second kappa shape index (κ2) is 13.4. The Bertz CT molecular complexity index is 933. The van der Waals surface area contributed by atoms with Gasteiger partial charge in [0.2, 0.25) is 17.7 Å². The number of rotatable bonds is 12. The number of unbranched alkanes of at least 4 members (excludes halogenated alkanes) is 2. The van der Waals surface area contributed by atoms with Crippen LogP contribution in [0.5, 0.6) is 0 Å². The van der Waals surface area contributed by atoms with E-state index in [-0.39, 0.29) is 24.3 Å². The van der Waals surface area contributed by atoms with Gasteiger partial charge in [-0.05, 0) is 49.2 Å². The van der Waals surface area contributed by atoms with Gasteiger partial charge in [0.25, 0.3) is 0 Å². The highest BCUT2D eigenvalue weighted by Crippen LogP contribution is 2.26. The Morgan fingerprint density at radius 3 is 2.16 bits per heavy atom. The third-order valence-electron chi connectivity index (χ3n) is 4.61. The minimum Gasteiger partial charge on any atom is -0.376 e. The average molecular weight is 459 g/mol. The number of benzene rings is 2. The van der Waals surface area contributed by atoms with Crippen molar-refractivity contribution in [2.45, 2.75) is 52.4 Å². The third-order valence-corrected chi connectivity index (χ3v) is 4.94. The highest BCUT2D eigenvalue weighted by molar-refractivity contribution is 6.33. The summed E-state index contributed by atoms with van der Waals surface area (Å²) >= 11 is 6.18. The fourth-order valence-electron chi connectivity index (χ4n) is 2.99. The van der Waals surface area contributed by atoms with Gasteiger partial charge in [-0.1, -0.05) is 44.4 Å². The summed E-state index contributed by atoms with van der Waals surface area (Å²) in [5.41, 5.74) is 2.37. The van der Waals surface area contributed by atoms with Crippen LogP contribution in [0.2, 0.25) is 5.02 Å². The van der Waals surface area contributed by atoms with Gasteiger partial charge < -0.3 is 21.3 Å². The Morgan fingerprint density at radius 1 is 0.750 bits per heavy atom. The van der Waals surface area contributed by atoms with Crippen molar-refractivity contribution in [3.8, 4) is 0 Å². The molecule has 0 heterocycles. The van der Waals surface area contributed by atoms with Crippen LogP contribution in [-0.2, 0) is 14.4 Å². The largest absolute Gasteiger partial charge is 0.376 e. The molecule has 172 valence electrons. The molecule has 0 aliphatic carbocycles. The van der Waals surface area contributed by atoms with Crippen LogP contribution in [0.3, 0.4) is 0 Å². The van der Waals surface area contributed by atoms with Gasteiger partial charge in [0.05, 0.1) is 17.3 Å². The summed E-state index contributed by atoms with van der Waals surface area (Å²) in [5, 5.41) is 11.8. The number of halogens is 1. The summed E-state index contributed by atoms with van der Waals surface area (Å²) in [5.74, 6) is -0.405. The van der Waals surface area contributed by atoms with E-state index in [1.807, 2.05) is 13.0 Å². The van der Waals surface area contributed by atoms with E-state index in [0.717, 1.165) is 25.7 Å². The minimum absolute atomic E-state index is 0.0106. The van der Waals surface area contributed by atoms with Gasteiger partial charge in [0, 0.05) is 29.9 Å². The second-order valence-corrected chi connectivity index (χ2v) is 7.89. The molecule has 0 saturated heterocycles. The minimum atomic E-state index is -0.294. The van der Waals surface area contributed by atoms with E-state index >= 15 is 0 Å². The fourth-order valence-corrected chi connectivity index (χ4v) is 3.16. The Labute approximate surface area is 194 Å². The molecule has 32 heavy (non-hydrogen) atoms. The van der Waals surface area contributed by atoms with Gasteiger partial charge in [-0.15, -0.1) is 0 Å². The van der Waals surface area contributed by atoms with Gasteiger partial charge in [-0.3, -0.25) is 14.4 Å². The molecule has 2 aromatic carbocycles. The SMILES string of the molecule is CCCCCC(=O)Nc1cccc(NCC(=O)Nc2cc(NC(=O)CCC)ccc2Cl)c1. The molecule has 0 spiro atoms. The van der Waals surface area contributed by atoms with Crippen LogP contribution in [0.1, 0.15) is 52.4 Å². The van der Waals surface area contributed by atoms with Gasteiger partial charge in [0.1, 0.15) is 0 Å². The van der Waals surface area contributed by atoms with E-state index < -0.39 is 0 Å². The molecule has 3 amide bonds. The smallest absolute Gasteiger partial charge is 0.243 e. The lowest BCUT2D eigenvalue weighted by Crippen LogP contribution is -2.22. The summed E-state index contributed by atoms with van der Waals surface area (Å²) in [7, 11) is 0. The molecule has 7 nitrogen and oxygen atoms in total. The van der Waals surface area contributed by atoms with Gasteiger partial charge >= 0.3 is 0 Å². The average Bonchev–Trinajstić information content (AvgIpc) is 2.75. The quantitative estimate of drug-likeness (QED) is 0.309. The van der Waals surface area contributed by atoms with Crippen LogP contribution in [-0.4, -0.2) is 24.3 Å². The lowest BCUT2D eigenvalue weighted by atomic mass is 10.2. The summed E-state index contributed by atoms with van der Waals surface area (Å²) in [6.07, 6.45) is 4.63. The van der Waals surface area contributed by atoms with Crippen molar-refractivity contribution in [1.82, 2.24) is 0 Å². The fraction of sp³-hybridized carbons (Fsp3) is 0.375. The topological polar surface area (TPSA) is 99.3 Å². The summed E-state index contributed by atoms with van der Waals surface area (Å²) in [4.78, 5) is 36.2. The van der Waals surface area contributed by atoms with Crippen molar-refractivity contribution in [3.05, 3.63) is 47.5 Å². The van der Waals surface area contributed by atoms with Crippen molar-refractivity contribution in [1.29, 1.82) is 0 Å². The number of hydrogen-bond donors (Lipinski definition) is 4. The lowest BCUT2D eigenvalue weighted by Gasteiger charge is -2.12. The zero-order valence-electron chi connectivity index (χ0n) is 18.6. The van der Waals surface area contributed by atoms with Crippen LogP contribution in [0.4, 0.5) is 22.7 Å². The van der Waals surface area contributed by atoms with Crippen LogP contribution in [0, 0.1) is 0 Å². The molecule has 0 aromatic heterocycles. The van der Waals surface area contributed by atoms with Crippen molar-refractivity contribution < 1.29 is 14.4 Å². The van der Waals surface area contributed by atoms with Gasteiger partial charge in [-0.25, -0.2) is 0 Å². The molecule has 0 fully saturated rings. The number of carbonyl (C=O) groups is 3. The molecule has 0 radical (unpaired) electrons.